The van der Waals surface area contributed by atoms with Crippen LogP contribution in [-0.2, 0) is 6.54 Å². The third-order valence-electron chi connectivity index (χ3n) is 3.39. The van der Waals surface area contributed by atoms with Crippen molar-refractivity contribution in [2.75, 3.05) is 0 Å². The summed E-state index contributed by atoms with van der Waals surface area (Å²) in [5.74, 6) is -0.212. The third-order valence-corrected chi connectivity index (χ3v) is 3.39. The summed E-state index contributed by atoms with van der Waals surface area (Å²) >= 11 is 0. The third kappa shape index (κ3) is 2.39. The summed E-state index contributed by atoms with van der Waals surface area (Å²) in [5, 5.41) is 18.0. The summed E-state index contributed by atoms with van der Waals surface area (Å²) in [6.45, 7) is 2.68. The zero-order valence-corrected chi connectivity index (χ0v) is 10.2. The molecule has 1 aliphatic rings. The van der Waals surface area contributed by atoms with Gasteiger partial charge in [0.15, 0.2) is 0 Å². The summed E-state index contributed by atoms with van der Waals surface area (Å²) in [7, 11) is 0. The van der Waals surface area contributed by atoms with Gasteiger partial charge >= 0.3 is 0 Å². The van der Waals surface area contributed by atoms with Gasteiger partial charge in [0.1, 0.15) is 11.3 Å². The molecule has 1 saturated carbocycles. The molecule has 0 amide bonds. The van der Waals surface area contributed by atoms with Crippen molar-refractivity contribution < 1.29 is 9.90 Å². The van der Waals surface area contributed by atoms with Crippen molar-refractivity contribution >= 4 is 5.78 Å². The lowest BCUT2D eigenvalue weighted by Crippen LogP contribution is -2.41. The quantitative estimate of drug-likeness (QED) is 0.807. The Hall–Kier alpha value is -1.23. The molecule has 0 aromatic carbocycles. The minimum atomic E-state index is -1.19. The Bertz CT molecular complexity index is 394. The van der Waals surface area contributed by atoms with Crippen LogP contribution in [0.5, 0.6) is 0 Å². The van der Waals surface area contributed by atoms with E-state index >= 15 is 0 Å². The molecule has 0 unspecified atom stereocenters. The molecule has 1 aromatic rings. The van der Waals surface area contributed by atoms with Crippen molar-refractivity contribution in [3.63, 3.8) is 0 Å². The average molecular weight is 237 g/mol. The molecule has 5 heteroatoms. The second-order valence-corrected chi connectivity index (χ2v) is 4.76. The SMILES string of the molecule is CCCn1nncc1C(=O)C1(O)CCCCC1. The van der Waals surface area contributed by atoms with Crippen molar-refractivity contribution in [3.05, 3.63) is 11.9 Å². The minimum absolute atomic E-state index is 0.212. The molecule has 94 valence electrons. The van der Waals surface area contributed by atoms with E-state index in [9.17, 15) is 9.90 Å². The Balaban J connectivity index is 2.20. The van der Waals surface area contributed by atoms with Gasteiger partial charge < -0.3 is 5.11 Å². The number of aliphatic hydroxyl groups is 1. The van der Waals surface area contributed by atoms with Crippen LogP contribution in [-0.4, -0.2) is 31.5 Å². The van der Waals surface area contributed by atoms with Crippen LogP contribution in [0, 0.1) is 0 Å². The highest BCUT2D eigenvalue weighted by Gasteiger charge is 2.39. The van der Waals surface area contributed by atoms with Gasteiger partial charge in [0.05, 0.1) is 6.20 Å². The van der Waals surface area contributed by atoms with Gasteiger partial charge in [-0.3, -0.25) is 4.79 Å². The van der Waals surface area contributed by atoms with Gasteiger partial charge in [0.25, 0.3) is 0 Å². The molecule has 1 N–H and O–H groups in total. The fraction of sp³-hybridized carbons (Fsp3) is 0.750. The number of aromatic nitrogens is 3. The zero-order chi connectivity index (χ0) is 12.3. The van der Waals surface area contributed by atoms with Gasteiger partial charge in [-0.15, -0.1) is 5.10 Å². The molecule has 0 aliphatic heterocycles. The van der Waals surface area contributed by atoms with E-state index in [0.29, 0.717) is 25.1 Å². The number of aryl methyl sites for hydroxylation is 1. The fourth-order valence-corrected chi connectivity index (χ4v) is 2.41. The molecule has 0 bridgehead atoms. The first kappa shape index (κ1) is 12.2. The highest BCUT2D eigenvalue weighted by atomic mass is 16.3. The molecule has 0 atom stereocenters. The number of carbonyl (C=O) groups is 1. The van der Waals surface area contributed by atoms with E-state index in [0.717, 1.165) is 25.7 Å². The van der Waals surface area contributed by atoms with Gasteiger partial charge in [-0.1, -0.05) is 31.4 Å². The summed E-state index contributed by atoms with van der Waals surface area (Å²) in [4.78, 5) is 12.3. The monoisotopic (exact) mass is 237 g/mol. The van der Waals surface area contributed by atoms with Gasteiger partial charge in [0, 0.05) is 6.54 Å². The predicted molar refractivity (Wildman–Crippen MR) is 62.7 cm³/mol. The molecule has 1 aromatic heterocycles. The smallest absolute Gasteiger partial charge is 0.213 e. The Morgan fingerprint density at radius 2 is 2.18 bits per heavy atom. The second-order valence-electron chi connectivity index (χ2n) is 4.76. The lowest BCUT2D eigenvalue weighted by Gasteiger charge is -2.30. The second kappa shape index (κ2) is 4.96. The van der Waals surface area contributed by atoms with Gasteiger partial charge in [-0.25, -0.2) is 4.68 Å². The highest BCUT2D eigenvalue weighted by molar-refractivity contribution is 6.00. The van der Waals surface area contributed by atoms with Crippen molar-refractivity contribution in [2.45, 2.75) is 57.6 Å². The van der Waals surface area contributed by atoms with E-state index in [1.165, 1.54) is 6.20 Å². The molecule has 5 nitrogen and oxygen atoms in total. The van der Waals surface area contributed by atoms with Crippen molar-refractivity contribution in [3.8, 4) is 0 Å². The summed E-state index contributed by atoms with van der Waals surface area (Å²) < 4.78 is 1.59. The van der Waals surface area contributed by atoms with Gasteiger partial charge in [-0.2, -0.15) is 0 Å². The lowest BCUT2D eigenvalue weighted by molar-refractivity contribution is 0.0106. The standard InChI is InChI=1S/C12H19N3O2/c1-2-8-15-10(9-13-14-15)11(16)12(17)6-4-3-5-7-12/h9,17H,2-8H2,1H3. The number of rotatable bonds is 4. The van der Waals surface area contributed by atoms with Crippen LogP contribution < -0.4 is 0 Å². The maximum absolute atomic E-state index is 12.3. The van der Waals surface area contributed by atoms with Crippen LogP contribution >= 0.6 is 0 Å². The normalized spacial score (nSPS) is 19.2. The molecule has 0 radical (unpaired) electrons. The van der Waals surface area contributed by atoms with E-state index in [4.69, 9.17) is 0 Å². The summed E-state index contributed by atoms with van der Waals surface area (Å²) in [6.07, 6.45) is 6.40. The number of ketones is 1. The Labute approximate surface area is 101 Å². The zero-order valence-electron chi connectivity index (χ0n) is 10.2. The van der Waals surface area contributed by atoms with E-state index in [-0.39, 0.29) is 5.78 Å². The topological polar surface area (TPSA) is 68.0 Å². The van der Waals surface area contributed by atoms with Crippen molar-refractivity contribution in [1.29, 1.82) is 0 Å². The Morgan fingerprint density at radius 1 is 1.47 bits per heavy atom. The molecule has 1 heterocycles. The average Bonchev–Trinajstić information content (AvgIpc) is 2.78. The molecule has 1 aliphatic carbocycles. The number of carbonyl (C=O) groups excluding carboxylic acids is 1. The predicted octanol–water partition coefficient (Wildman–Crippen LogP) is 1.57. The first-order valence-corrected chi connectivity index (χ1v) is 6.33. The molecule has 0 saturated heterocycles. The molecule has 1 fully saturated rings. The number of hydrogen-bond donors (Lipinski definition) is 1. The van der Waals surface area contributed by atoms with Crippen LogP contribution in [0.25, 0.3) is 0 Å². The van der Waals surface area contributed by atoms with Crippen LogP contribution in [0.4, 0.5) is 0 Å². The summed E-state index contributed by atoms with van der Waals surface area (Å²) in [6, 6.07) is 0. The maximum atomic E-state index is 12.3. The number of hydrogen-bond acceptors (Lipinski definition) is 4. The van der Waals surface area contributed by atoms with Gasteiger partial charge in [0.2, 0.25) is 5.78 Å². The molecule has 17 heavy (non-hydrogen) atoms. The molecular weight excluding hydrogens is 218 g/mol. The van der Waals surface area contributed by atoms with E-state index in [1.54, 1.807) is 4.68 Å². The first-order chi connectivity index (χ1) is 8.17. The van der Waals surface area contributed by atoms with E-state index in [1.807, 2.05) is 6.92 Å². The van der Waals surface area contributed by atoms with Crippen LogP contribution in [0.1, 0.15) is 55.9 Å². The maximum Gasteiger partial charge on any atom is 0.213 e. The molecular formula is C12H19N3O2. The Morgan fingerprint density at radius 3 is 2.82 bits per heavy atom. The lowest BCUT2D eigenvalue weighted by atomic mass is 9.81. The van der Waals surface area contributed by atoms with Crippen LogP contribution in [0.15, 0.2) is 6.20 Å². The Kier molecular flexibility index (Phi) is 3.57. The highest BCUT2D eigenvalue weighted by Crippen LogP contribution is 2.30. The fourth-order valence-electron chi connectivity index (χ4n) is 2.41. The van der Waals surface area contributed by atoms with E-state index < -0.39 is 5.60 Å². The van der Waals surface area contributed by atoms with Crippen molar-refractivity contribution in [1.82, 2.24) is 15.0 Å². The minimum Gasteiger partial charge on any atom is -0.382 e. The largest absolute Gasteiger partial charge is 0.382 e. The van der Waals surface area contributed by atoms with Gasteiger partial charge in [-0.05, 0) is 19.3 Å². The molecule has 2 rings (SSSR count). The van der Waals surface area contributed by atoms with Crippen LogP contribution in [0.2, 0.25) is 0 Å². The summed E-state index contributed by atoms with van der Waals surface area (Å²) in [5.41, 5.74) is -0.748. The van der Waals surface area contributed by atoms with Crippen molar-refractivity contribution in [2.24, 2.45) is 0 Å². The van der Waals surface area contributed by atoms with Crippen LogP contribution in [0.3, 0.4) is 0 Å². The number of Topliss-reactive ketones (excluding diaryl/α,β-unsaturated/α-hetero) is 1. The van der Waals surface area contributed by atoms with E-state index in [2.05, 4.69) is 10.3 Å². The number of nitrogens with zero attached hydrogens (tertiary/aromatic N) is 3. The molecule has 0 spiro atoms. The first-order valence-electron chi connectivity index (χ1n) is 6.33.